The topological polar surface area (TPSA) is 30.0 Å². The third-order valence-corrected chi connectivity index (χ3v) is 3.35. The fourth-order valence-electron chi connectivity index (χ4n) is 2.36. The zero-order valence-corrected chi connectivity index (χ0v) is 10.7. The summed E-state index contributed by atoms with van der Waals surface area (Å²) in [7, 11) is 0. The molecule has 0 unspecified atom stereocenters. The largest absolute Gasteiger partial charge is 0.298 e. The first-order valence-corrected chi connectivity index (χ1v) is 6.34. The Kier molecular flexibility index (Phi) is 3.25. The van der Waals surface area contributed by atoms with Gasteiger partial charge >= 0.3 is 0 Å². The molecule has 0 radical (unpaired) electrons. The van der Waals surface area contributed by atoms with Crippen molar-refractivity contribution in [3.8, 4) is 0 Å². The van der Waals surface area contributed by atoms with Crippen molar-refractivity contribution in [3.63, 3.8) is 0 Å². The highest BCUT2D eigenvalue weighted by Gasteiger charge is 2.07. The maximum atomic E-state index is 13.4. The van der Waals surface area contributed by atoms with Crippen LogP contribution < -0.4 is 0 Å². The average Bonchev–Trinajstić information content (AvgIpc) is 2.48. The number of rotatable bonds is 3. The van der Waals surface area contributed by atoms with Gasteiger partial charge in [-0.15, -0.1) is 0 Å². The maximum Gasteiger partial charge on any atom is 0.150 e. The van der Waals surface area contributed by atoms with Crippen LogP contribution in [0.2, 0.25) is 0 Å². The molecule has 2 nitrogen and oxygen atoms in total. The summed E-state index contributed by atoms with van der Waals surface area (Å²) in [6.07, 6.45) is 3.00. The fraction of sp³-hybridized carbons (Fsp3) is 0.0588. The first-order valence-electron chi connectivity index (χ1n) is 6.34. The molecule has 0 N–H and O–H groups in total. The Hall–Kier alpha value is -2.55. The van der Waals surface area contributed by atoms with E-state index in [0.29, 0.717) is 17.5 Å². The van der Waals surface area contributed by atoms with Crippen LogP contribution in [0.3, 0.4) is 0 Å². The van der Waals surface area contributed by atoms with E-state index < -0.39 is 0 Å². The van der Waals surface area contributed by atoms with Crippen molar-refractivity contribution in [2.75, 3.05) is 0 Å². The second-order valence-electron chi connectivity index (χ2n) is 4.62. The molecule has 20 heavy (non-hydrogen) atoms. The van der Waals surface area contributed by atoms with Gasteiger partial charge in [-0.3, -0.25) is 9.78 Å². The number of aldehydes is 1. The number of halogens is 1. The molecule has 0 atom stereocenters. The molecule has 3 heteroatoms. The molecule has 0 amide bonds. The Morgan fingerprint density at radius 3 is 2.75 bits per heavy atom. The summed E-state index contributed by atoms with van der Waals surface area (Å²) in [4.78, 5) is 15.4. The second-order valence-corrected chi connectivity index (χ2v) is 4.62. The molecule has 0 saturated carbocycles. The lowest BCUT2D eigenvalue weighted by Gasteiger charge is -2.08. The number of hydrogen-bond acceptors (Lipinski definition) is 2. The van der Waals surface area contributed by atoms with E-state index >= 15 is 0 Å². The maximum absolute atomic E-state index is 13.4. The molecule has 2 aromatic carbocycles. The van der Waals surface area contributed by atoms with Gasteiger partial charge in [0.05, 0.1) is 5.52 Å². The van der Waals surface area contributed by atoms with Crippen LogP contribution in [0.25, 0.3) is 10.9 Å². The minimum Gasteiger partial charge on any atom is -0.298 e. The van der Waals surface area contributed by atoms with E-state index in [-0.39, 0.29) is 5.82 Å². The molecule has 0 fully saturated rings. The SMILES string of the molecule is O=Cc1ccc(F)cc1Cc1ccnc2ccccc12. The lowest BCUT2D eigenvalue weighted by molar-refractivity contribution is 0.112. The summed E-state index contributed by atoms with van der Waals surface area (Å²) < 4.78 is 13.4. The van der Waals surface area contributed by atoms with E-state index in [4.69, 9.17) is 0 Å². The Morgan fingerprint density at radius 1 is 1.05 bits per heavy atom. The van der Waals surface area contributed by atoms with Crippen molar-refractivity contribution in [2.24, 2.45) is 0 Å². The molecule has 0 aliphatic carbocycles. The van der Waals surface area contributed by atoms with Gasteiger partial charge in [0.1, 0.15) is 12.1 Å². The normalized spacial score (nSPS) is 10.7. The number of carbonyl (C=O) groups excluding carboxylic acids is 1. The van der Waals surface area contributed by atoms with Crippen LogP contribution in [0.5, 0.6) is 0 Å². The number of pyridine rings is 1. The van der Waals surface area contributed by atoms with Gasteiger partial charge in [-0.2, -0.15) is 0 Å². The van der Waals surface area contributed by atoms with Gasteiger partial charge in [0.15, 0.2) is 0 Å². The van der Waals surface area contributed by atoms with Crippen LogP contribution >= 0.6 is 0 Å². The molecule has 1 aromatic heterocycles. The Morgan fingerprint density at radius 2 is 1.90 bits per heavy atom. The summed E-state index contributed by atoms with van der Waals surface area (Å²) in [5.41, 5.74) is 3.14. The number of hydrogen-bond donors (Lipinski definition) is 0. The first kappa shape index (κ1) is 12.5. The number of para-hydroxylation sites is 1. The lowest BCUT2D eigenvalue weighted by atomic mass is 9.98. The molecule has 1 heterocycles. The Balaban J connectivity index is 2.10. The quantitative estimate of drug-likeness (QED) is 0.675. The molecule has 3 rings (SSSR count). The molecule has 98 valence electrons. The molecule has 0 spiro atoms. The number of benzene rings is 2. The van der Waals surface area contributed by atoms with Gasteiger partial charge < -0.3 is 0 Å². The molecule has 3 aromatic rings. The average molecular weight is 265 g/mol. The van der Waals surface area contributed by atoms with Crippen LogP contribution in [-0.4, -0.2) is 11.3 Å². The van der Waals surface area contributed by atoms with Crippen molar-refractivity contribution in [1.82, 2.24) is 4.98 Å². The number of aromatic nitrogens is 1. The molecular formula is C17H12FNO. The molecule has 0 bridgehead atoms. The Labute approximate surface area is 115 Å². The summed E-state index contributed by atoms with van der Waals surface area (Å²) in [5.74, 6) is -0.330. The van der Waals surface area contributed by atoms with Crippen molar-refractivity contribution >= 4 is 17.2 Å². The van der Waals surface area contributed by atoms with Gasteiger partial charge in [-0.1, -0.05) is 18.2 Å². The standard InChI is InChI=1S/C17H12FNO/c18-15-6-5-13(11-20)14(10-15)9-12-7-8-19-17-4-2-1-3-16(12)17/h1-8,10-11H,9H2. The molecule has 0 saturated heterocycles. The number of nitrogens with zero attached hydrogens (tertiary/aromatic N) is 1. The van der Waals surface area contributed by atoms with E-state index in [2.05, 4.69) is 4.98 Å². The molecule has 0 aliphatic heterocycles. The monoisotopic (exact) mass is 265 g/mol. The van der Waals surface area contributed by atoms with Gasteiger partial charge in [0, 0.05) is 17.1 Å². The fourth-order valence-corrected chi connectivity index (χ4v) is 2.36. The van der Waals surface area contributed by atoms with E-state index in [1.54, 1.807) is 6.20 Å². The minimum absolute atomic E-state index is 0.330. The summed E-state index contributed by atoms with van der Waals surface area (Å²) in [6, 6.07) is 13.9. The first-order chi connectivity index (χ1) is 9.78. The van der Waals surface area contributed by atoms with E-state index in [1.165, 1.54) is 18.2 Å². The second kappa shape index (κ2) is 5.21. The van der Waals surface area contributed by atoms with Crippen molar-refractivity contribution in [1.29, 1.82) is 0 Å². The predicted molar refractivity (Wildman–Crippen MR) is 76.3 cm³/mol. The van der Waals surface area contributed by atoms with Crippen LogP contribution in [0.1, 0.15) is 21.5 Å². The smallest absolute Gasteiger partial charge is 0.150 e. The van der Waals surface area contributed by atoms with Crippen molar-refractivity contribution in [2.45, 2.75) is 6.42 Å². The zero-order valence-electron chi connectivity index (χ0n) is 10.7. The third-order valence-electron chi connectivity index (χ3n) is 3.35. The van der Waals surface area contributed by atoms with Gasteiger partial charge in [-0.25, -0.2) is 4.39 Å². The van der Waals surface area contributed by atoms with Crippen LogP contribution in [0.15, 0.2) is 54.7 Å². The van der Waals surface area contributed by atoms with Crippen molar-refractivity contribution in [3.05, 3.63) is 77.2 Å². The minimum atomic E-state index is -0.330. The van der Waals surface area contributed by atoms with Crippen LogP contribution in [0.4, 0.5) is 4.39 Å². The summed E-state index contributed by atoms with van der Waals surface area (Å²) in [5, 5.41) is 1.02. The van der Waals surface area contributed by atoms with Gasteiger partial charge in [0.25, 0.3) is 0 Å². The van der Waals surface area contributed by atoms with Crippen molar-refractivity contribution < 1.29 is 9.18 Å². The van der Waals surface area contributed by atoms with E-state index in [9.17, 15) is 9.18 Å². The third kappa shape index (κ3) is 2.30. The summed E-state index contributed by atoms with van der Waals surface area (Å²) in [6.45, 7) is 0. The number of carbonyl (C=O) groups is 1. The van der Waals surface area contributed by atoms with E-state index in [0.717, 1.165) is 22.8 Å². The Bertz CT molecular complexity index is 778. The highest BCUT2D eigenvalue weighted by Crippen LogP contribution is 2.21. The van der Waals surface area contributed by atoms with Crippen LogP contribution in [-0.2, 0) is 6.42 Å². The summed E-state index contributed by atoms with van der Waals surface area (Å²) >= 11 is 0. The van der Waals surface area contributed by atoms with E-state index in [1.807, 2.05) is 30.3 Å². The lowest BCUT2D eigenvalue weighted by Crippen LogP contribution is -1.97. The molecular weight excluding hydrogens is 253 g/mol. The zero-order chi connectivity index (χ0) is 13.9. The number of fused-ring (bicyclic) bond motifs is 1. The molecule has 0 aliphatic rings. The van der Waals surface area contributed by atoms with Crippen LogP contribution in [0, 0.1) is 5.82 Å². The van der Waals surface area contributed by atoms with Gasteiger partial charge in [-0.05, 0) is 47.9 Å². The highest BCUT2D eigenvalue weighted by molar-refractivity contribution is 5.83. The van der Waals surface area contributed by atoms with Gasteiger partial charge in [0.2, 0.25) is 0 Å². The predicted octanol–water partition coefficient (Wildman–Crippen LogP) is 3.78. The highest BCUT2D eigenvalue weighted by atomic mass is 19.1.